The van der Waals surface area contributed by atoms with Gasteiger partial charge in [0.25, 0.3) is 11.5 Å². The van der Waals surface area contributed by atoms with Crippen LogP contribution in [0.15, 0.2) is 65.7 Å². The summed E-state index contributed by atoms with van der Waals surface area (Å²) in [7, 11) is 1.87. The zero-order valence-electron chi connectivity index (χ0n) is 21.5. The fraction of sp³-hybridized carbons (Fsp3) is 0.345. The van der Waals surface area contributed by atoms with Gasteiger partial charge in [-0.05, 0) is 56.0 Å². The molecule has 1 N–H and O–H groups in total. The molecule has 0 radical (unpaired) electrons. The number of aromatic nitrogens is 5. The van der Waals surface area contributed by atoms with Crippen molar-refractivity contribution in [3.63, 3.8) is 0 Å². The van der Waals surface area contributed by atoms with Crippen LogP contribution in [-0.2, 0) is 13.6 Å². The number of aryl methyl sites for hydroxylation is 1. The molecule has 0 unspecified atom stereocenters. The summed E-state index contributed by atoms with van der Waals surface area (Å²) in [5.41, 5.74) is 3.23. The third-order valence-electron chi connectivity index (χ3n) is 7.38. The summed E-state index contributed by atoms with van der Waals surface area (Å²) in [6, 6.07) is 17.1. The van der Waals surface area contributed by atoms with Crippen molar-refractivity contribution in [3.05, 3.63) is 82.8 Å². The summed E-state index contributed by atoms with van der Waals surface area (Å²) in [5, 5.41) is 11.4. The van der Waals surface area contributed by atoms with Crippen molar-refractivity contribution < 1.29 is 4.79 Å². The van der Waals surface area contributed by atoms with Gasteiger partial charge in [0.05, 0.1) is 11.3 Å². The smallest absolute Gasteiger partial charge is 0.274 e. The summed E-state index contributed by atoms with van der Waals surface area (Å²) in [5.74, 6) is 1.19. The van der Waals surface area contributed by atoms with E-state index in [0.717, 1.165) is 55.0 Å². The molecule has 2 aromatic carbocycles. The van der Waals surface area contributed by atoms with E-state index in [-0.39, 0.29) is 17.2 Å². The van der Waals surface area contributed by atoms with E-state index in [4.69, 9.17) is 4.98 Å². The van der Waals surface area contributed by atoms with Crippen molar-refractivity contribution in [1.82, 2.24) is 29.2 Å². The number of benzene rings is 2. The molecule has 2 aliphatic rings. The average Bonchev–Trinajstić information content (AvgIpc) is 3.48. The summed E-state index contributed by atoms with van der Waals surface area (Å²) < 4.78 is 3.59. The minimum absolute atomic E-state index is 0.142. The average molecular weight is 510 g/mol. The molecule has 2 fully saturated rings. The largest absolute Gasteiger partial charge is 0.320 e. The monoisotopic (exact) mass is 509 g/mol. The Bertz CT molecular complexity index is 1520. The number of likely N-dealkylation sites (tertiary alicyclic amines) is 1. The molecule has 38 heavy (non-hydrogen) atoms. The van der Waals surface area contributed by atoms with Gasteiger partial charge >= 0.3 is 0 Å². The lowest BCUT2D eigenvalue weighted by Gasteiger charge is -2.18. The van der Waals surface area contributed by atoms with Crippen LogP contribution in [0.5, 0.6) is 0 Å². The molecule has 1 aliphatic carbocycles. The van der Waals surface area contributed by atoms with Crippen molar-refractivity contribution in [2.24, 2.45) is 7.05 Å². The Morgan fingerprint density at radius 1 is 1.03 bits per heavy atom. The second-order valence-corrected chi connectivity index (χ2v) is 10.1. The molecule has 0 atom stereocenters. The predicted octanol–water partition coefficient (Wildman–Crippen LogP) is 3.93. The van der Waals surface area contributed by atoms with Gasteiger partial charge in [-0.2, -0.15) is 0 Å². The molecule has 194 valence electrons. The first-order valence-corrected chi connectivity index (χ1v) is 13.3. The summed E-state index contributed by atoms with van der Waals surface area (Å²) in [6.45, 7) is 3.60. The van der Waals surface area contributed by atoms with Gasteiger partial charge in [0.1, 0.15) is 17.8 Å². The zero-order valence-corrected chi connectivity index (χ0v) is 21.5. The molecule has 3 heterocycles. The van der Waals surface area contributed by atoms with Crippen molar-refractivity contribution in [1.29, 1.82) is 0 Å². The molecular weight excluding hydrogens is 478 g/mol. The van der Waals surface area contributed by atoms with Crippen LogP contribution < -0.4 is 10.9 Å². The van der Waals surface area contributed by atoms with E-state index in [0.29, 0.717) is 18.1 Å². The third-order valence-corrected chi connectivity index (χ3v) is 7.38. The Morgan fingerprint density at radius 3 is 2.53 bits per heavy atom. The number of nitrogens with zero attached hydrogens (tertiary/aromatic N) is 6. The lowest BCUT2D eigenvalue weighted by molar-refractivity contribution is 0.102. The van der Waals surface area contributed by atoms with Crippen LogP contribution in [0.1, 0.15) is 47.9 Å². The number of hydrogen-bond donors (Lipinski definition) is 1. The van der Waals surface area contributed by atoms with Crippen LogP contribution >= 0.6 is 0 Å². The van der Waals surface area contributed by atoms with Gasteiger partial charge in [-0.25, -0.2) is 4.98 Å². The van der Waals surface area contributed by atoms with Crippen LogP contribution in [0.25, 0.3) is 22.5 Å². The lowest BCUT2D eigenvalue weighted by atomic mass is 9.97. The highest BCUT2D eigenvalue weighted by Crippen LogP contribution is 2.39. The standard InChI is InChI=1S/C29H31N7O2/c1-34-19-30-33-28(34)26-22(20-8-3-2-4-9-20)10-7-11-23(26)32-29(38)24-18-25(37)36(27(31-24)21-12-13-21)17-16-35-14-5-6-15-35/h2-4,7-11,18-19,21H,5-6,12-17H2,1H3,(H,32,38). The Morgan fingerprint density at radius 2 is 1.82 bits per heavy atom. The normalized spacial score (nSPS) is 15.6. The van der Waals surface area contributed by atoms with Gasteiger partial charge in [0, 0.05) is 32.1 Å². The van der Waals surface area contributed by atoms with E-state index in [1.165, 1.54) is 18.9 Å². The number of rotatable bonds is 8. The van der Waals surface area contributed by atoms with Gasteiger partial charge < -0.3 is 14.8 Å². The quantitative estimate of drug-likeness (QED) is 0.387. The maximum absolute atomic E-state index is 13.5. The Balaban J connectivity index is 1.34. The van der Waals surface area contributed by atoms with Crippen LogP contribution in [0, 0.1) is 0 Å². The molecule has 2 aromatic heterocycles. The van der Waals surface area contributed by atoms with Crippen LogP contribution in [0.3, 0.4) is 0 Å². The van der Waals surface area contributed by atoms with Crippen molar-refractivity contribution in [3.8, 4) is 22.5 Å². The first-order valence-electron chi connectivity index (χ1n) is 13.3. The fourth-order valence-electron chi connectivity index (χ4n) is 5.22. The van der Waals surface area contributed by atoms with Gasteiger partial charge in [0.15, 0.2) is 5.82 Å². The van der Waals surface area contributed by atoms with Crippen LogP contribution in [0.4, 0.5) is 5.69 Å². The predicted molar refractivity (Wildman–Crippen MR) is 146 cm³/mol. The van der Waals surface area contributed by atoms with Gasteiger partial charge in [-0.1, -0.05) is 42.5 Å². The van der Waals surface area contributed by atoms with Crippen molar-refractivity contribution >= 4 is 11.6 Å². The number of hydrogen-bond acceptors (Lipinski definition) is 6. The van der Waals surface area contributed by atoms with Crippen LogP contribution in [-0.4, -0.2) is 54.8 Å². The zero-order chi connectivity index (χ0) is 26.1. The Hall–Kier alpha value is -4.11. The molecule has 9 nitrogen and oxygen atoms in total. The minimum atomic E-state index is -0.413. The van der Waals surface area contributed by atoms with E-state index in [2.05, 4.69) is 20.4 Å². The van der Waals surface area contributed by atoms with Gasteiger partial charge in [-0.15, -0.1) is 10.2 Å². The van der Waals surface area contributed by atoms with Crippen molar-refractivity contribution in [2.45, 2.75) is 38.1 Å². The van der Waals surface area contributed by atoms with E-state index < -0.39 is 5.91 Å². The first-order chi connectivity index (χ1) is 18.6. The highest BCUT2D eigenvalue weighted by atomic mass is 16.2. The van der Waals surface area contributed by atoms with E-state index in [1.807, 2.05) is 60.1 Å². The topological polar surface area (TPSA) is 97.9 Å². The molecule has 0 bridgehead atoms. The number of anilines is 1. The molecule has 1 aliphatic heterocycles. The molecule has 4 aromatic rings. The molecular formula is C29H31N7O2. The number of carbonyl (C=O) groups excluding carboxylic acids is 1. The first kappa shape index (κ1) is 24.2. The molecule has 1 saturated carbocycles. The Kier molecular flexibility index (Phi) is 6.59. The number of carbonyl (C=O) groups is 1. The summed E-state index contributed by atoms with van der Waals surface area (Å²) >= 11 is 0. The maximum Gasteiger partial charge on any atom is 0.274 e. The SMILES string of the molecule is Cn1cnnc1-c1c(NC(=O)c2cc(=O)n(CCN3CCCC3)c(C3CC3)n2)cccc1-c1ccccc1. The second-order valence-electron chi connectivity index (χ2n) is 10.1. The molecule has 1 amide bonds. The van der Waals surface area contributed by atoms with Crippen molar-refractivity contribution in [2.75, 3.05) is 25.0 Å². The molecule has 0 spiro atoms. The van der Waals surface area contributed by atoms with E-state index in [9.17, 15) is 9.59 Å². The van der Waals surface area contributed by atoms with Crippen LogP contribution in [0.2, 0.25) is 0 Å². The summed E-state index contributed by atoms with van der Waals surface area (Å²) in [4.78, 5) is 33.8. The van der Waals surface area contributed by atoms with E-state index >= 15 is 0 Å². The highest BCUT2D eigenvalue weighted by molar-refractivity contribution is 6.06. The van der Waals surface area contributed by atoms with Gasteiger partial charge in [-0.3, -0.25) is 14.2 Å². The Labute approximate surface area is 221 Å². The molecule has 9 heteroatoms. The fourth-order valence-corrected chi connectivity index (χ4v) is 5.22. The maximum atomic E-state index is 13.5. The number of nitrogens with one attached hydrogen (secondary N) is 1. The summed E-state index contributed by atoms with van der Waals surface area (Å²) in [6.07, 6.45) is 6.05. The minimum Gasteiger partial charge on any atom is -0.320 e. The molecule has 6 rings (SSSR count). The second kappa shape index (κ2) is 10.3. The van der Waals surface area contributed by atoms with E-state index in [1.54, 1.807) is 10.9 Å². The highest BCUT2D eigenvalue weighted by Gasteiger charge is 2.30. The number of amides is 1. The third kappa shape index (κ3) is 4.89. The van der Waals surface area contributed by atoms with Gasteiger partial charge in [0.2, 0.25) is 0 Å². The molecule has 1 saturated heterocycles. The lowest BCUT2D eigenvalue weighted by Crippen LogP contribution is -2.33.